The Kier molecular flexibility index (Phi) is 2.68. The van der Waals surface area contributed by atoms with Gasteiger partial charge in [-0.05, 0) is 38.4 Å². The van der Waals surface area contributed by atoms with Gasteiger partial charge in [0, 0.05) is 18.3 Å². The summed E-state index contributed by atoms with van der Waals surface area (Å²) in [5.41, 5.74) is 1.18. The van der Waals surface area contributed by atoms with Gasteiger partial charge in [0.15, 0.2) is 0 Å². The van der Waals surface area contributed by atoms with Gasteiger partial charge in [-0.2, -0.15) is 0 Å². The summed E-state index contributed by atoms with van der Waals surface area (Å²) in [6, 6.07) is 5.44. The summed E-state index contributed by atoms with van der Waals surface area (Å²) in [5, 5.41) is 3.24. The lowest BCUT2D eigenvalue weighted by Crippen LogP contribution is -2.42. The van der Waals surface area contributed by atoms with Crippen molar-refractivity contribution in [1.29, 1.82) is 0 Å². The van der Waals surface area contributed by atoms with Crippen LogP contribution in [-0.4, -0.2) is 17.7 Å². The maximum absolute atomic E-state index is 11.5. The maximum Gasteiger partial charge on any atom is 0.250 e. The monoisotopic (exact) mass is 192 g/mol. The Morgan fingerprint density at radius 1 is 1.50 bits per heavy atom. The molecule has 0 aliphatic carbocycles. The van der Waals surface area contributed by atoms with Crippen molar-refractivity contribution in [2.24, 2.45) is 5.92 Å². The average molecular weight is 192 g/mol. The normalized spacial score (nSPS) is 16.6. The van der Waals surface area contributed by atoms with Crippen LogP contribution in [0.2, 0.25) is 0 Å². The van der Waals surface area contributed by atoms with Crippen LogP contribution in [0, 0.1) is 12.8 Å². The van der Waals surface area contributed by atoms with Gasteiger partial charge in [-0.25, -0.2) is 0 Å². The van der Waals surface area contributed by atoms with Gasteiger partial charge in [0.05, 0.1) is 0 Å². The van der Waals surface area contributed by atoms with E-state index in [0.717, 1.165) is 37.7 Å². The van der Waals surface area contributed by atoms with Crippen molar-refractivity contribution < 1.29 is 0 Å². The predicted molar refractivity (Wildman–Crippen MR) is 56.4 cm³/mol. The predicted octanol–water partition coefficient (Wildman–Crippen LogP) is 0.766. The summed E-state index contributed by atoms with van der Waals surface area (Å²) in [7, 11) is 0. The molecule has 0 radical (unpaired) electrons. The lowest BCUT2D eigenvalue weighted by atomic mass is 9.99. The molecular formula is C11H16N2O. The van der Waals surface area contributed by atoms with Gasteiger partial charge in [-0.1, -0.05) is 6.07 Å². The third kappa shape index (κ3) is 1.87. The highest BCUT2D eigenvalue weighted by molar-refractivity contribution is 5.04. The molecule has 3 nitrogen and oxygen atoms in total. The molecule has 0 amide bonds. The SMILES string of the molecule is Cc1cccc(=O)n1CCC1CNC1. The molecule has 0 bridgehead atoms. The molecule has 1 saturated heterocycles. The number of pyridine rings is 1. The minimum atomic E-state index is 0.122. The molecule has 1 aromatic heterocycles. The van der Waals surface area contributed by atoms with Gasteiger partial charge in [0.25, 0.3) is 5.56 Å². The molecule has 2 heterocycles. The van der Waals surface area contributed by atoms with Crippen LogP contribution >= 0.6 is 0 Å². The molecular weight excluding hydrogens is 176 g/mol. The second-order valence-corrected chi connectivity index (χ2v) is 3.97. The Morgan fingerprint density at radius 3 is 2.86 bits per heavy atom. The Labute approximate surface area is 83.8 Å². The Morgan fingerprint density at radius 2 is 2.29 bits per heavy atom. The molecule has 0 atom stereocenters. The van der Waals surface area contributed by atoms with Crippen LogP contribution in [0.15, 0.2) is 23.0 Å². The summed E-state index contributed by atoms with van der Waals surface area (Å²) in [5.74, 6) is 0.765. The minimum absolute atomic E-state index is 0.122. The van der Waals surface area contributed by atoms with Crippen molar-refractivity contribution in [3.63, 3.8) is 0 Å². The summed E-state index contributed by atoms with van der Waals surface area (Å²) in [6.07, 6.45) is 1.11. The van der Waals surface area contributed by atoms with Gasteiger partial charge < -0.3 is 9.88 Å². The van der Waals surface area contributed by atoms with Crippen molar-refractivity contribution in [3.05, 3.63) is 34.2 Å². The zero-order chi connectivity index (χ0) is 9.97. The van der Waals surface area contributed by atoms with Crippen molar-refractivity contribution in [3.8, 4) is 0 Å². The first-order valence-electron chi connectivity index (χ1n) is 5.14. The second kappa shape index (κ2) is 3.96. The summed E-state index contributed by atoms with van der Waals surface area (Å²) >= 11 is 0. The van der Waals surface area contributed by atoms with Crippen LogP contribution in [0.3, 0.4) is 0 Å². The topological polar surface area (TPSA) is 34.0 Å². The molecule has 1 fully saturated rings. The van der Waals surface area contributed by atoms with E-state index in [4.69, 9.17) is 0 Å². The van der Waals surface area contributed by atoms with E-state index in [1.165, 1.54) is 0 Å². The first kappa shape index (κ1) is 9.46. The molecule has 1 aromatic rings. The molecule has 3 heteroatoms. The number of aryl methyl sites for hydroxylation is 1. The zero-order valence-electron chi connectivity index (χ0n) is 8.49. The van der Waals surface area contributed by atoms with E-state index in [1.807, 2.05) is 23.6 Å². The molecule has 1 aliphatic heterocycles. The highest BCUT2D eigenvalue weighted by Crippen LogP contribution is 2.09. The number of hydrogen-bond donors (Lipinski definition) is 1. The molecule has 1 N–H and O–H groups in total. The van der Waals surface area contributed by atoms with E-state index in [-0.39, 0.29) is 5.56 Å². The van der Waals surface area contributed by atoms with Crippen LogP contribution in [-0.2, 0) is 6.54 Å². The number of rotatable bonds is 3. The smallest absolute Gasteiger partial charge is 0.250 e. The average Bonchev–Trinajstić information content (AvgIpc) is 2.07. The fourth-order valence-corrected chi connectivity index (χ4v) is 1.77. The quantitative estimate of drug-likeness (QED) is 0.767. The minimum Gasteiger partial charge on any atom is -0.316 e. The molecule has 0 saturated carbocycles. The van der Waals surface area contributed by atoms with Crippen LogP contribution < -0.4 is 10.9 Å². The van der Waals surface area contributed by atoms with E-state index < -0.39 is 0 Å². The lowest BCUT2D eigenvalue weighted by molar-refractivity contribution is 0.309. The molecule has 1 aliphatic rings. The van der Waals surface area contributed by atoms with E-state index in [1.54, 1.807) is 6.07 Å². The summed E-state index contributed by atoms with van der Waals surface area (Å²) < 4.78 is 1.86. The lowest BCUT2D eigenvalue weighted by Gasteiger charge is -2.27. The van der Waals surface area contributed by atoms with Crippen LogP contribution in [0.5, 0.6) is 0 Å². The number of nitrogens with one attached hydrogen (secondary N) is 1. The Balaban J connectivity index is 2.03. The summed E-state index contributed by atoms with van der Waals surface area (Å²) in [4.78, 5) is 11.5. The standard InChI is InChI=1S/C11H16N2O/c1-9-3-2-4-11(14)13(9)6-5-10-7-12-8-10/h2-4,10,12H,5-8H2,1H3. The molecule has 0 aromatic carbocycles. The van der Waals surface area contributed by atoms with Crippen LogP contribution in [0.25, 0.3) is 0 Å². The van der Waals surface area contributed by atoms with Gasteiger partial charge >= 0.3 is 0 Å². The fourth-order valence-electron chi connectivity index (χ4n) is 1.77. The fraction of sp³-hybridized carbons (Fsp3) is 0.545. The van der Waals surface area contributed by atoms with Crippen molar-refractivity contribution in [2.45, 2.75) is 19.9 Å². The first-order valence-corrected chi connectivity index (χ1v) is 5.14. The van der Waals surface area contributed by atoms with Gasteiger partial charge in [-0.15, -0.1) is 0 Å². The Bertz CT molecular complexity index is 366. The molecule has 76 valence electrons. The van der Waals surface area contributed by atoms with E-state index in [9.17, 15) is 4.79 Å². The van der Waals surface area contributed by atoms with Gasteiger partial charge in [-0.3, -0.25) is 4.79 Å². The van der Waals surface area contributed by atoms with E-state index >= 15 is 0 Å². The highest BCUT2D eigenvalue weighted by Gasteiger charge is 2.16. The highest BCUT2D eigenvalue weighted by atomic mass is 16.1. The van der Waals surface area contributed by atoms with Gasteiger partial charge in [0.2, 0.25) is 0 Å². The molecule has 14 heavy (non-hydrogen) atoms. The number of hydrogen-bond acceptors (Lipinski definition) is 2. The van der Waals surface area contributed by atoms with Crippen molar-refractivity contribution in [1.82, 2.24) is 9.88 Å². The summed E-state index contributed by atoms with van der Waals surface area (Å²) in [6.45, 7) is 5.07. The van der Waals surface area contributed by atoms with Crippen molar-refractivity contribution in [2.75, 3.05) is 13.1 Å². The Hall–Kier alpha value is -1.09. The van der Waals surface area contributed by atoms with Crippen molar-refractivity contribution >= 4 is 0 Å². The first-order chi connectivity index (χ1) is 6.77. The third-order valence-corrected chi connectivity index (χ3v) is 2.89. The number of nitrogens with zero attached hydrogens (tertiary/aromatic N) is 1. The van der Waals surface area contributed by atoms with Crippen LogP contribution in [0.1, 0.15) is 12.1 Å². The largest absolute Gasteiger partial charge is 0.316 e. The molecule has 0 unspecified atom stereocenters. The van der Waals surface area contributed by atoms with E-state index in [0.29, 0.717) is 0 Å². The van der Waals surface area contributed by atoms with Gasteiger partial charge in [0.1, 0.15) is 0 Å². The molecule has 0 spiro atoms. The third-order valence-electron chi connectivity index (χ3n) is 2.89. The second-order valence-electron chi connectivity index (χ2n) is 3.97. The zero-order valence-corrected chi connectivity index (χ0v) is 8.49. The van der Waals surface area contributed by atoms with E-state index in [2.05, 4.69) is 5.32 Å². The number of aromatic nitrogens is 1. The van der Waals surface area contributed by atoms with Crippen LogP contribution in [0.4, 0.5) is 0 Å². The maximum atomic E-state index is 11.5. The molecule has 2 rings (SSSR count).